The lowest BCUT2D eigenvalue weighted by Crippen LogP contribution is -2.17. The van der Waals surface area contributed by atoms with Crippen LogP contribution in [0.15, 0.2) is 36.4 Å². The zero-order valence-electron chi connectivity index (χ0n) is 12.6. The highest BCUT2D eigenvalue weighted by Gasteiger charge is 2.33. The number of ether oxygens (including phenoxy) is 1. The van der Waals surface area contributed by atoms with Gasteiger partial charge in [-0.15, -0.1) is 12.4 Å². The summed E-state index contributed by atoms with van der Waals surface area (Å²) in [5.41, 5.74) is 4.87. The Morgan fingerprint density at radius 1 is 1.29 bits per heavy atom. The molecule has 0 fully saturated rings. The van der Waals surface area contributed by atoms with Crippen molar-refractivity contribution >= 4 is 18.3 Å². The van der Waals surface area contributed by atoms with Crippen molar-refractivity contribution in [3.05, 3.63) is 53.2 Å². The van der Waals surface area contributed by atoms with E-state index >= 15 is 0 Å². The molecule has 0 aliphatic carbocycles. The van der Waals surface area contributed by atoms with Crippen LogP contribution in [0.4, 0.5) is 13.2 Å². The molecule has 0 spiro atoms. The molecule has 24 heavy (non-hydrogen) atoms. The van der Waals surface area contributed by atoms with Gasteiger partial charge in [0.05, 0.1) is 0 Å². The number of nitrogens with two attached hydrogens (primary N) is 1. The smallest absolute Gasteiger partial charge is 0.433 e. The molecule has 0 saturated carbocycles. The lowest BCUT2D eigenvalue weighted by atomic mass is 10.2. The van der Waals surface area contributed by atoms with Crippen molar-refractivity contribution in [2.75, 3.05) is 7.05 Å². The Morgan fingerprint density at radius 2 is 2.00 bits per heavy atom. The number of carbonyl (C=O) groups excluding carboxylic acids is 1. The summed E-state index contributed by atoms with van der Waals surface area (Å²) in [6, 6.07) is 8.21. The summed E-state index contributed by atoms with van der Waals surface area (Å²) in [5.74, 6) is -0.384. The van der Waals surface area contributed by atoms with E-state index < -0.39 is 11.9 Å². The van der Waals surface area contributed by atoms with Crippen LogP contribution in [0.3, 0.4) is 0 Å². The van der Waals surface area contributed by atoms with Crippen LogP contribution < -0.4 is 15.8 Å². The number of carbonyl (C=O) groups is 1. The van der Waals surface area contributed by atoms with Crippen LogP contribution in [0.25, 0.3) is 0 Å². The molecular formula is C15H15ClF3N3O2. The van der Waals surface area contributed by atoms with E-state index in [9.17, 15) is 18.0 Å². The highest BCUT2D eigenvalue weighted by molar-refractivity contribution is 5.94. The molecule has 0 atom stereocenters. The molecule has 0 radical (unpaired) electrons. The number of hydrogen-bond donors (Lipinski definition) is 2. The summed E-state index contributed by atoms with van der Waals surface area (Å²) in [4.78, 5) is 15.0. The third-order valence-electron chi connectivity index (χ3n) is 2.93. The summed E-state index contributed by atoms with van der Waals surface area (Å²) in [5, 5.41) is 2.44. The standard InChI is InChI=1S/C15H14F3N3O2.ClH/c1-20-14(22)10-3-2-4-11(7-10)23-13-6-9(8-19)5-12(21-13)15(16,17)18;/h2-7H,8,19H2,1H3,(H,20,22);1H. The molecule has 0 unspecified atom stereocenters. The van der Waals surface area contributed by atoms with Crippen molar-refractivity contribution in [2.45, 2.75) is 12.7 Å². The Labute approximate surface area is 142 Å². The minimum Gasteiger partial charge on any atom is -0.439 e. The minimum absolute atomic E-state index is 0. The van der Waals surface area contributed by atoms with E-state index in [0.717, 1.165) is 6.07 Å². The molecule has 5 nitrogen and oxygen atoms in total. The van der Waals surface area contributed by atoms with Gasteiger partial charge in [-0.05, 0) is 29.8 Å². The Kier molecular flexibility index (Phi) is 6.56. The van der Waals surface area contributed by atoms with Crippen LogP contribution in [0.2, 0.25) is 0 Å². The van der Waals surface area contributed by atoms with Gasteiger partial charge in [-0.3, -0.25) is 4.79 Å². The summed E-state index contributed by atoms with van der Waals surface area (Å²) >= 11 is 0. The van der Waals surface area contributed by atoms with E-state index in [1.54, 1.807) is 12.1 Å². The second-order valence-electron chi connectivity index (χ2n) is 4.61. The van der Waals surface area contributed by atoms with E-state index in [-0.39, 0.29) is 42.1 Å². The van der Waals surface area contributed by atoms with Crippen LogP contribution in [-0.2, 0) is 12.7 Å². The summed E-state index contributed by atoms with van der Waals surface area (Å²) in [7, 11) is 1.47. The molecule has 3 N–H and O–H groups in total. The number of nitrogens with zero attached hydrogens (tertiary/aromatic N) is 1. The molecule has 0 bridgehead atoms. The van der Waals surface area contributed by atoms with Crippen molar-refractivity contribution < 1.29 is 22.7 Å². The van der Waals surface area contributed by atoms with Crippen LogP contribution in [-0.4, -0.2) is 17.9 Å². The van der Waals surface area contributed by atoms with Gasteiger partial charge in [-0.25, -0.2) is 4.98 Å². The van der Waals surface area contributed by atoms with Gasteiger partial charge < -0.3 is 15.8 Å². The number of pyridine rings is 1. The average Bonchev–Trinajstić information content (AvgIpc) is 2.53. The van der Waals surface area contributed by atoms with Crippen molar-refractivity contribution in [2.24, 2.45) is 5.73 Å². The lowest BCUT2D eigenvalue weighted by Gasteiger charge is -2.11. The number of aromatic nitrogens is 1. The number of hydrogen-bond acceptors (Lipinski definition) is 4. The molecule has 2 aromatic rings. The van der Waals surface area contributed by atoms with Crippen LogP contribution >= 0.6 is 12.4 Å². The Hall–Kier alpha value is -2.32. The van der Waals surface area contributed by atoms with Crippen LogP contribution in [0, 0.1) is 0 Å². The first kappa shape index (κ1) is 19.7. The number of rotatable bonds is 4. The highest BCUT2D eigenvalue weighted by atomic mass is 35.5. The SMILES string of the molecule is CNC(=O)c1cccc(Oc2cc(CN)cc(C(F)(F)F)n2)c1.Cl. The second kappa shape index (κ2) is 7.98. The molecule has 2 rings (SSSR count). The molecule has 1 aromatic carbocycles. The number of benzene rings is 1. The Bertz CT molecular complexity index is 723. The van der Waals surface area contributed by atoms with E-state index in [1.165, 1.54) is 25.2 Å². The maximum Gasteiger partial charge on any atom is 0.433 e. The summed E-state index contributed by atoms with van der Waals surface area (Å²) in [6.07, 6.45) is -4.60. The molecule has 9 heteroatoms. The van der Waals surface area contributed by atoms with Crippen LogP contribution in [0.1, 0.15) is 21.6 Å². The number of amides is 1. The fourth-order valence-corrected chi connectivity index (χ4v) is 1.84. The van der Waals surface area contributed by atoms with Crippen molar-refractivity contribution in [1.82, 2.24) is 10.3 Å². The van der Waals surface area contributed by atoms with Crippen molar-refractivity contribution in [3.63, 3.8) is 0 Å². The van der Waals surface area contributed by atoms with Gasteiger partial charge in [0.25, 0.3) is 5.91 Å². The largest absolute Gasteiger partial charge is 0.439 e. The van der Waals surface area contributed by atoms with Gasteiger partial charge in [-0.1, -0.05) is 6.07 Å². The normalized spacial score (nSPS) is 10.7. The molecular weight excluding hydrogens is 347 g/mol. The van der Waals surface area contributed by atoms with Gasteiger partial charge in [0, 0.05) is 25.2 Å². The van der Waals surface area contributed by atoms with Crippen molar-refractivity contribution in [1.29, 1.82) is 0 Å². The quantitative estimate of drug-likeness (QED) is 0.877. The third kappa shape index (κ3) is 4.84. The number of nitrogens with one attached hydrogen (secondary N) is 1. The van der Waals surface area contributed by atoms with Crippen LogP contribution in [0.5, 0.6) is 11.6 Å². The minimum atomic E-state index is -4.60. The van der Waals surface area contributed by atoms with Gasteiger partial charge in [0.15, 0.2) is 0 Å². The van der Waals surface area contributed by atoms with E-state index in [0.29, 0.717) is 5.56 Å². The highest BCUT2D eigenvalue weighted by Crippen LogP contribution is 2.31. The lowest BCUT2D eigenvalue weighted by molar-refractivity contribution is -0.141. The van der Waals surface area contributed by atoms with E-state index in [4.69, 9.17) is 10.5 Å². The molecule has 0 aliphatic heterocycles. The Morgan fingerprint density at radius 3 is 2.58 bits per heavy atom. The van der Waals surface area contributed by atoms with Gasteiger partial charge in [0.1, 0.15) is 11.4 Å². The van der Waals surface area contributed by atoms with E-state index in [2.05, 4.69) is 10.3 Å². The first-order valence-corrected chi connectivity index (χ1v) is 6.61. The average molecular weight is 362 g/mol. The first-order chi connectivity index (χ1) is 10.8. The number of alkyl halides is 3. The first-order valence-electron chi connectivity index (χ1n) is 6.61. The molecule has 130 valence electrons. The second-order valence-corrected chi connectivity index (χ2v) is 4.61. The predicted octanol–water partition coefficient (Wildman–Crippen LogP) is 3.13. The monoisotopic (exact) mass is 361 g/mol. The van der Waals surface area contributed by atoms with E-state index in [1.807, 2.05) is 0 Å². The van der Waals surface area contributed by atoms with Crippen molar-refractivity contribution in [3.8, 4) is 11.6 Å². The molecule has 0 saturated heterocycles. The third-order valence-corrected chi connectivity index (χ3v) is 2.93. The summed E-state index contributed by atoms with van der Waals surface area (Å²) < 4.78 is 43.8. The molecule has 1 amide bonds. The maximum absolute atomic E-state index is 12.8. The molecule has 1 aromatic heterocycles. The van der Waals surface area contributed by atoms with Gasteiger partial charge in [0.2, 0.25) is 5.88 Å². The maximum atomic E-state index is 12.8. The molecule has 0 aliphatic rings. The fraction of sp³-hybridized carbons (Fsp3) is 0.200. The summed E-state index contributed by atoms with van der Waals surface area (Å²) in [6.45, 7) is -0.0831. The number of halogens is 4. The zero-order chi connectivity index (χ0) is 17.0. The zero-order valence-corrected chi connectivity index (χ0v) is 13.4. The van der Waals surface area contributed by atoms with Gasteiger partial charge in [-0.2, -0.15) is 13.2 Å². The predicted molar refractivity (Wildman–Crippen MR) is 84.3 cm³/mol. The fourth-order valence-electron chi connectivity index (χ4n) is 1.84. The molecule has 1 heterocycles. The topological polar surface area (TPSA) is 77.2 Å². The van der Waals surface area contributed by atoms with Gasteiger partial charge >= 0.3 is 6.18 Å². The Balaban J connectivity index is 0.00000288.